The Hall–Kier alpha value is -1.42. The summed E-state index contributed by atoms with van der Waals surface area (Å²) in [5, 5.41) is 2.73. The highest BCUT2D eigenvalue weighted by molar-refractivity contribution is 5.77. The zero-order chi connectivity index (χ0) is 12.2. The van der Waals surface area contributed by atoms with Gasteiger partial charge in [0.15, 0.2) is 0 Å². The van der Waals surface area contributed by atoms with Crippen molar-refractivity contribution in [3.05, 3.63) is 35.6 Å². The fourth-order valence-electron chi connectivity index (χ4n) is 1.28. The van der Waals surface area contributed by atoms with Gasteiger partial charge >= 0.3 is 0 Å². The van der Waals surface area contributed by atoms with Crippen molar-refractivity contribution < 1.29 is 9.18 Å². The maximum atomic E-state index is 12.6. The van der Waals surface area contributed by atoms with E-state index < -0.39 is 5.54 Å². The molecule has 3 nitrogen and oxygen atoms in total. The molecule has 88 valence electrons. The number of hydrogen-bond donors (Lipinski definition) is 2. The quantitative estimate of drug-likeness (QED) is 0.815. The van der Waals surface area contributed by atoms with Crippen molar-refractivity contribution in [2.24, 2.45) is 5.73 Å². The van der Waals surface area contributed by atoms with Crippen LogP contribution < -0.4 is 11.1 Å². The van der Waals surface area contributed by atoms with Gasteiger partial charge in [-0.3, -0.25) is 4.79 Å². The van der Waals surface area contributed by atoms with E-state index in [1.54, 1.807) is 26.0 Å². The third-order valence-corrected chi connectivity index (χ3v) is 2.02. The fourth-order valence-corrected chi connectivity index (χ4v) is 1.28. The van der Waals surface area contributed by atoms with Gasteiger partial charge in [-0.05, 0) is 31.5 Å². The minimum Gasteiger partial charge on any atom is -0.352 e. The molecule has 0 unspecified atom stereocenters. The molecule has 0 aliphatic heterocycles. The molecule has 0 aliphatic rings. The van der Waals surface area contributed by atoms with Crippen LogP contribution in [0.4, 0.5) is 4.39 Å². The number of nitrogens with one attached hydrogen (secondary N) is 1. The van der Waals surface area contributed by atoms with Crippen LogP contribution in [0, 0.1) is 5.82 Å². The van der Waals surface area contributed by atoms with Crippen LogP contribution in [0.3, 0.4) is 0 Å². The summed E-state index contributed by atoms with van der Waals surface area (Å²) in [4.78, 5) is 11.4. The molecule has 4 heteroatoms. The Bertz CT molecular complexity index is 354. The van der Waals surface area contributed by atoms with Crippen LogP contribution in [0.15, 0.2) is 24.3 Å². The molecule has 0 aromatic heterocycles. The Morgan fingerprint density at radius 2 is 1.94 bits per heavy atom. The average Bonchev–Trinajstić information content (AvgIpc) is 2.14. The number of rotatable bonds is 4. The van der Waals surface area contributed by atoms with E-state index in [0.29, 0.717) is 6.54 Å². The van der Waals surface area contributed by atoms with Gasteiger partial charge in [0.25, 0.3) is 0 Å². The molecule has 0 saturated carbocycles. The topological polar surface area (TPSA) is 55.1 Å². The number of nitrogens with two attached hydrogens (primary N) is 1. The van der Waals surface area contributed by atoms with Crippen molar-refractivity contribution in [2.75, 3.05) is 0 Å². The molecule has 0 heterocycles. The van der Waals surface area contributed by atoms with Crippen LogP contribution in [-0.2, 0) is 11.3 Å². The zero-order valence-corrected chi connectivity index (χ0v) is 9.59. The van der Waals surface area contributed by atoms with E-state index in [1.807, 2.05) is 0 Å². The van der Waals surface area contributed by atoms with E-state index in [0.717, 1.165) is 5.56 Å². The van der Waals surface area contributed by atoms with Gasteiger partial charge in [-0.15, -0.1) is 0 Å². The molecule has 0 saturated heterocycles. The van der Waals surface area contributed by atoms with Gasteiger partial charge in [-0.2, -0.15) is 0 Å². The van der Waals surface area contributed by atoms with Crippen molar-refractivity contribution in [3.63, 3.8) is 0 Å². The number of hydrogen-bond acceptors (Lipinski definition) is 2. The average molecular weight is 224 g/mol. The van der Waals surface area contributed by atoms with Crippen molar-refractivity contribution in [2.45, 2.75) is 32.4 Å². The van der Waals surface area contributed by atoms with Crippen LogP contribution in [-0.4, -0.2) is 11.4 Å². The van der Waals surface area contributed by atoms with E-state index in [2.05, 4.69) is 5.32 Å². The van der Waals surface area contributed by atoms with Gasteiger partial charge < -0.3 is 11.1 Å². The third kappa shape index (κ3) is 4.89. The molecule has 0 spiro atoms. The standard InChI is InChI=1S/C12H17FN2O/c1-12(2,14)7-11(16)15-8-9-3-5-10(13)6-4-9/h3-6H,7-8,14H2,1-2H3,(H,15,16). The number of benzene rings is 1. The Labute approximate surface area is 94.8 Å². The van der Waals surface area contributed by atoms with Crippen LogP contribution in [0.25, 0.3) is 0 Å². The Balaban J connectivity index is 2.40. The molecular weight excluding hydrogens is 207 g/mol. The Kier molecular flexibility index (Phi) is 4.01. The molecule has 1 aromatic rings. The highest BCUT2D eigenvalue weighted by Crippen LogP contribution is 2.05. The molecule has 1 rings (SSSR count). The number of carbonyl (C=O) groups excluding carboxylic acids is 1. The second-order valence-electron chi connectivity index (χ2n) is 4.57. The van der Waals surface area contributed by atoms with Gasteiger partial charge in [-0.25, -0.2) is 4.39 Å². The van der Waals surface area contributed by atoms with Gasteiger partial charge in [0.2, 0.25) is 5.91 Å². The van der Waals surface area contributed by atoms with Crippen molar-refractivity contribution in [1.29, 1.82) is 0 Å². The smallest absolute Gasteiger partial charge is 0.222 e. The van der Waals surface area contributed by atoms with Gasteiger partial charge in [0.05, 0.1) is 0 Å². The lowest BCUT2D eigenvalue weighted by atomic mass is 10.0. The summed E-state index contributed by atoms with van der Waals surface area (Å²) in [7, 11) is 0. The zero-order valence-electron chi connectivity index (χ0n) is 9.59. The van der Waals surface area contributed by atoms with E-state index in [9.17, 15) is 9.18 Å². The fraction of sp³-hybridized carbons (Fsp3) is 0.417. The molecule has 1 aromatic carbocycles. The van der Waals surface area contributed by atoms with Crippen LogP contribution in [0.1, 0.15) is 25.8 Å². The first kappa shape index (κ1) is 12.6. The molecule has 0 atom stereocenters. The van der Waals surface area contributed by atoms with Crippen LogP contribution >= 0.6 is 0 Å². The number of amides is 1. The van der Waals surface area contributed by atoms with E-state index in [-0.39, 0.29) is 18.1 Å². The summed E-state index contributed by atoms with van der Waals surface area (Å²) in [5.74, 6) is -0.380. The van der Waals surface area contributed by atoms with E-state index in [1.165, 1.54) is 12.1 Å². The summed E-state index contributed by atoms with van der Waals surface area (Å²) in [5.41, 5.74) is 6.07. The van der Waals surface area contributed by atoms with Gasteiger partial charge in [0.1, 0.15) is 5.82 Å². The van der Waals surface area contributed by atoms with Gasteiger partial charge in [-0.1, -0.05) is 12.1 Å². The van der Waals surface area contributed by atoms with Gasteiger partial charge in [0, 0.05) is 18.5 Å². The lowest BCUT2D eigenvalue weighted by molar-refractivity contribution is -0.122. The normalized spacial score (nSPS) is 11.2. The first-order chi connectivity index (χ1) is 7.37. The van der Waals surface area contributed by atoms with Crippen molar-refractivity contribution >= 4 is 5.91 Å². The molecule has 16 heavy (non-hydrogen) atoms. The third-order valence-electron chi connectivity index (χ3n) is 2.02. The summed E-state index contributed by atoms with van der Waals surface area (Å²) < 4.78 is 12.6. The molecule has 0 fully saturated rings. The highest BCUT2D eigenvalue weighted by atomic mass is 19.1. The van der Waals surface area contributed by atoms with Crippen LogP contribution in [0.2, 0.25) is 0 Å². The SMILES string of the molecule is CC(C)(N)CC(=O)NCc1ccc(F)cc1. The Morgan fingerprint density at radius 3 is 2.44 bits per heavy atom. The second kappa shape index (κ2) is 5.07. The number of halogens is 1. The Morgan fingerprint density at radius 1 is 1.38 bits per heavy atom. The predicted octanol–water partition coefficient (Wildman–Crippen LogP) is 1.57. The summed E-state index contributed by atoms with van der Waals surface area (Å²) in [6.45, 7) is 3.99. The van der Waals surface area contributed by atoms with Crippen LogP contribution in [0.5, 0.6) is 0 Å². The summed E-state index contributed by atoms with van der Waals surface area (Å²) in [6.07, 6.45) is 0.272. The highest BCUT2D eigenvalue weighted by Gasteiger charge is 2.15. The molecule has 1 amide bonds. The second-order valence-corrected chi connectivity index (χ2v) is 4.57. The molecule has 0 radical (unpaired) electrons. The number of carbonyl (C=O) groups is 1. The first-order valence-electron chi connectivity index (χ1n) is 5.17. The first-order valence-corrected chi connectivity index (χ1v) is 5.17. The lowest BCUT2D eigenvalue weighted by Gasteiger charge is -2.17. The van der Waals surface area contributed by atoms with E-state index in [4.69, 9.17) is 5.73 Å². The van der Waals surface area contributed by atoms with E-state index >= 15 is 0 Å². The monoisotopic (exact) mass is 224 g/mol. The lowest BCUT2D eigenvalue weighted by Crippen LogP contribution is -2.38. The molecule has 0 aliphatic carbocycles. The summed E-state index contributed by atoms with van der Waals surface area (Å²) >= 11 is 0. The largest absolute Gasteiger partial charge is 0.352 e. The maximum Gasteiger partial charge on any atom is 0.222 e. The van der Waals surface area contributed by atoms with Crippen molar-refractivity contribution in [1.82, 2.24) is 5.32 Å². The minimum absolute atomic E-state index is 0.100. The van der Waals surface area contributed by atoms with Crippen molar-refractivity contribution in [3.8, 4) is 0 Å². The maximum absolute atomic E-state index is 12.6. The molecular formula is C12H17FN2O. The molecule has 0 bridgehead atoms. The molecule has 3 N–H and O–H groups in total. The predicted molar refractivity (Wildman–Crippen MR) is 61.1 cm³/mol. The minimum atomic E-state index is -0.507. The summed E-state index contributed by atoms with van der Waals surface area (Å²) in [6, 6.07) is 6.02.